The molecule has 0 aliphatic rings. The molecule has 0 aliphatic carbocycles. The van der Waals surface area contributed by atoms with Crippen molar-refractivity contribution in [2.24, 2.45) is 0 Å². The highest BCUT2D eigenvalue weighted by Gasteiger charge is 2.06. The summed E-state index contributed by atoms with van der Waals surface area (Å²) in [7, 11) is 3.11. The zero-order chi connectivity index (χ0) is 17.4. The Morgan fingerprint density at radius 1 is 1.12 bits per heavy atom. The molecule has 0 fully saturated rings. The smallest absolute Gasteiger partial charge is 0.185 e. The van der Waals surface area contributed by atoms with E-state index in [-0.39, 0.29) is 12.4 Å². The number of carbonyl (C=O) groups excluding carboxylic acids is 1. The van der Waals surface area contributed by atoms with Gasteiger partial charge in [0.05, 0.1) is 14.2 Å². The third-order valence-electron chi connectivity index (χ3n) is 3.28. The molecule has 2 aromatic rings. The highest BCUT2D eigenvalue weighted by Crippen LogP contribution is 2.28. The summed E-state index contributed by atoms with van der Waals surface area (Å²) >= 11 is 0. The van der Waals surface area contributed by atoms with E-state index in [0.717, 1.165) is 5.56 Å². The second-order valence-electron chi connectivity index (χ2n) is 4.83. The quantitative estimate of drug-likeness (QED) is 0.444. The van der Waals surface area contributed by atoms with Gasteiger partial charge in [0.25, 0.3) is 0 Å². The molecule has 0 radical (unpaired) electrons. The molecule has 24 heavy (non-hydrogen) atoms. The number of terminal acetylenes is 1. The van der Waals surface area contributed by atoms with Crippen molar-refractivity contribution in [1.29, 1.82) is 0 Å². The highest BCUT2D eigenvalue weighted by molar-refractivity contribution is 6.07. The van der Waals surface area contributed by atoms with Crippen LogP contribution in [-0.4, -0.2) is 26.6 Å². The van der Waals surface area contributed by atoms with E-state index in [1.807, 2.05) is 6.07 Å². The number of benzene rings is 2. The van der Waals surface area contributed by atoms with E-state index in [0.29, 0.717) is 22.8 Å². The van der Waals surface area contributed by atoms with Gasteiger partial charge in [0, 0.05) is 5.56 Å². The summed E-state index contributed by atoms with van der Waals surface area (Å²) in [5.41, 5.74) is 1.38. The van der Waals surface area contributed by atoms with Crippen molar-refractivity contribution >= 4 is 11.9 Å². The lowest BCUT2D eigenvalue weighted by Crippen LogP contribution is -1.97. The first kappa shape index (κ1) is 17.2. The fourth-order valence-electron chi connectivity index (χ4n) is 2.07. The van der Waals surface area contributed by atoms with Gasteiger partial charge in [-0.25, -0.2) is 0 Å². The number of rotatable bonds is 7. The number of hydrogen-bond acceptors (Lipinski definition) is 4. The zero-order valence-electron chi connectivity index (χ0n) is 13.6. The van der Waals surface area contributed by atoms with Gasteiger partial charge in [0.15, 0.2) is 17.3 Å². The van der Waals surface area contributed by atoms with E-state index >= 15 is 0 Å². The van der Waals surface area contributed by atoms with Crippen LogP contribution in [0.4, 0.5) is 0 Å². The first-order valence-electron chi connectivity index (χ1n) is 7.28. The minimum atomic E-state index is -0.111. The van der Waals surface area contributed by atoms with Crippen LogP contribution in [0.3, 0.4) is 0 Å². The van der Waals surface area contributed by atoms with Crippen LogP contribution < -0.4 is 14.2 Å². The lowest BCUT2D eigenvalue weighted by Gasteiger charge is -2.09. The molecule has 0 aromatic heterocycles. The molecule has 4 nitrogen and oxygen atoms in total. The van der Waals surface area contributed by atoms with Gasteiger partial charge >= 0.3 is 0 Å². The lowest BCUT2D eigenvalue weighted by atomic mass is 10.1. The van der Waals surface area contributed by atoms with Crippen LogP contribution in [0.15, 0.2) is 48.5 Å². The van der Waals surface area contributed by atoms with Crippen LogP contribution in [0.25, 0.3) is 6.08 Å². The van der Waals surface area contributed by atoms with Crippen molar-refractivity contribution in [3.8, 4) is 29.6 Å². The summed E-state index contributed by atoms with van der Waals surface area (Å²) in [6.45, 7) is 0.167. The maximum atomic E-state index is 12.2. The molecule has 0 bridgehead atoms. The van der Waals surface area contributed by atoms with Gasteiger partial charge in [-0.05, 0) is 35.9 Å². The van der Waals surface area contributed by atoms with Crippen LogP contribution in [0.1, 0.15) is 15.9 Å². The Bertz CT molecular complexity index is 784. The standard InChI is InChI=1S/C20H18O4/c1-4-12-24-19-11-9-15(13-20(19)23-3)8-10-18(21)16-6-5-7-17(14-16)22-2/h1,5-11,13-14H,12H2,2-3H3/b10-8+. The first-order valence-corrected chi connectivity index (χ1v) is 7.28. The molecule has 0 amide bonds. The molecule has 4 heteroatoms. The molecule has 0 heterocycles. The number of ether oxygens (including phenoxy) is 3. The maximum Gasteiger partial charge on any atom is 0.185 e. The van der Waals surface area contributed by atoms with Crippen LogP contribution in [0.5, 0.6) is 17.2 Å². The number of hydrogen-bond donors (Lipinski definition) is 0. The monoisotopic (exact) mass is 322 g/mol. The Kier molecular flexibility index (Phi) is 6.04. The number of ketones is 1. The molecule has 0 saturated heterocycles. The van der Waals surface area contributed by atoms with Gasteiger partial charge in [0.2, 0.25) is 0 Å². The molecule has 2 rings (SSSR count). The Hall–Kier alpha value is -3.19. The second kappa shape index (κ2) is 8.44. The van der Waals surface area contributed by atoms with Crippen molar-refractivity contribution in [2.75, 3.05) is 20.8 Å². The fraction of sp³-hybridized carbons (Fsp3) is 0.150. The fourth-order valence-corrected chi connectivity index (χ4v) is 2.07. The molecule has 0 atom stereocenters. The summed E-state index contributed by atoms with van der Waals surface area (Å²) in [4.78, 5) is 12.2. The predicted molar refractivity (Wildman–Crippen MR) is 93.7 cm³/mol. The van der Waals surface area contributed by atoms with Crippen LogP contribution in [0.2, 0.25) is 0 Å². The molecule has 0 N–H and O–H groups in total. The summed E-state index contributed by atoms with van der Waals surface area (Å²) in [6, 6.07) is 12.4. The third-order valence-corrected chi connectivity index (χ3v) is 3.28. The summed E-state index contributed by atoms with van der Waals surface area (Å²) < 4.78 is 15.8. The third kappa shape index (κ3) is 4.40. The Labute approximate surface area is 141 Å². The minimum absolute atomic E-state index is 0.111. The summed E-state index contributed by atoms with van der Waals surface area (Å²) in [5, 5.41) is 0. The van der Waals surface area contributed by atoms with Gasteiger partial charge in [-0.15, -0.1) is 6.42 Å². The number of methoxy groups -OCH3 is 2. The molecule has 0 aliphatic heterocycles. The molecule has 0 unspecified atom stereocenters. The molecule has 0 saturated carbocycles. The first-order chi connectivity index (χ1) is 11.7. The van der Waals surface area contributed by atoms with Crippen LogP contribution in [-0.2, 0) is 0 Å². The maximum absolute atomic E-state index is 12.2. The lowest BCUT2D eigenvalue weighted by molar-refractivity contribution is 0.104. The van der Waals surface area contributed by atoms with E-state index in [1.165, 1.54) is 6.08 Å². The summed E-state index contributed by atoms with van der Waals surface area (Å²) in [6.07, 6.45) is 8.40. The van der Waals surface area contributed by atoms with E-state index in [4.69, 9.17) is 20.6 Å². The van der Waals surface area contributed by atoms with Crippen molar-refractivity contribution in [3.05, 3.63) is 59.7 Å². The van der Waals surface area contributed by atoms with Crippen molar-refractivity contribution < 1.29 is 19.0 Å². The highest BCUT2D eigenvalue weighted by atomic mass is 16.5. The van der Waals surface area contributed by atoms with Crippen molar-refractivity contribution in [3.63, 3.8) is 0 Å². The van der Waals surface area contributed by atoms with Gasteiger partial charge in [-0.1, -0.05) is 30.2 Å². The SMILES string of the molecule is C#CCOc1ccc(/C=C/C(=O)c2cccc(OC)c2)cc1OC. The minimum Gasteiger partial charge on any atom is -0.497 e. The van der Waals surface area contributed by atoms with Gasteiger partial charge in [-0.2, -0.15) is 0 Å². The van der Waals surface area contributed by atoms with Gasteiger partial charge < -0.3 is 14.2 Å². The average molecular weight is 322 g/mol. The van der Waals surface area contributed by atoms with Crippen LogP contribution >= 0.6 is 0 Å². The number of carbonyl (C=O) groups is 1. The van der Waals surface area contributed by atoms with E-state index in [1.54, 1.807) is 56.7 Å². The van der Waals surface area contributed by atoms with Crippen LogP contribution in [0, 0.1) is 12.3 Å². The molecule has 122 valence electrons. The predicted octanol–water partition coefficient (Wildman–Crippen LogP) is 3.61. The molecule has 0 spiro atoms. The Morgan fingerprint density at radius 2 is 1.96 bits per heavy atom. The summed E-state index contributed by atoms with van der Waals surface area (Å²) in [5.74, 6) is 4.06. The normalized spacial score (nSPS) is 10.2. The number of allylic oxidation sites excluding steroid dienone is 1. The van der Waals surface area contributed by atoms with E-state index in [2.05, 4.69) is 5.92 Å². The van der Waals surface area contributed by atoms with Gasteiger partial charge in [0.1, 0.15) is 12.4 Å². The van der Waals surface area contributed by atoms with Crippen molar-refractivity contribution in [1.82, 2.24) is 0 Å². The zero-order valence-corrected chi connectivity index (χ0v) is 13.6. The molecular formula is C20H18O4. The second-order valence-corrected chi connectivity index (χ2v) is 4.83. The van der Waals surface area contributed by atoms with Gasteiger partial charge in [-0.3, -0.25) is 4.79 Å². The average Bonchev–Trinajstić information content (AvgIpc) is 2.64. The molecule has 2 aromatic carbocycles. The van der Waals surface area contributed by atoms with E-state index < -0.39 is 0 Å². The van der Waals surface area contributed by atoms with Crippen molar-refractivity contribution in [2.45, 2.75) is 0 Å². The Morgan fingerprint density at radius 3 is 2.67 bits per heavy atom. The largest absolute Gasteiger partial charge is 0.497 e. The Balaban J connectivity index is 2.16. The van der Waals surface area contributed by atoms with E-state index in [9.17, 15) is 4.79 Å². The molecular weight excluding hydrogens is 304 g/mol. The topological polar surface area (TPSA) is 44.8 Å².